The first kappa shape index (κ1) is 14.8. The number of hydrogen-bond donors (Lipinski definition) is 1. The van der Waals surface area contributed by atoms with Gasteiger partial charge in [0, 0.05) is 24.8 Å². The first-order valence-corrected chi connectivity index (χ1v) is 7.96. The molecule has 0 saturated heterocycles. The Morgan fingerprint density at radius 2 is 2.12 bits per heavy atom. The van der Waals surface area contributed by atoms with Crippen LogP contribution >= 0.6 is 11.8 Å². The molecule has 0 aromatic heterocycles. The van der Waals surface area contributed by atoms with Gasteiger partial charge >= 0.3 is 0 Å². The van der Waals surface area contributed by atoms with Gasteiger partial charge in [0.15, 0.2) is 0 Å². The molecule has 4 heteroatoms. The van der Waals surface area contributed by atoms with E-state index in [0.717, 1.165) is 18.6 Å². The third-order valence-corrected chi connectivity index (χ3v) is 4.76. The summed E-state index contributed by atoms with van der Waals surface area (Å²) in [5.41, 5.74) is 5.79. The van der Waals surface area contributed by atoms with Crippen LogP contribution in [0.5, 0.6) is 0 Å². The number of carbonyl (C=O) groups is 1. The van der Waals surface area contributed by atoms with Gasteiger partial charge in [0.2, 0.25) is 5.91 Å². The summed E-state index contributed by atoms with van der Waals surface area (Å²) in [5, 5.41) is 0. The Kier molecular flexibility index (Phi) is 6.34. The lowest BCUT2D eigenvalue weighted by molar-refractivity contribution is -0.138. The van der Waals surface area contributed by atoms with E-state index in [2.05, 4.69) is 13.2 Å². The van der Waals surface area contributed by atoms with E-state index in [1.807, 2.05) is 11.9 Å². The molecule has 1 rings (SSSR count). The van der Waals surface area contributed by atoms with Crippen LogP contribution in [0.2, 0.25) is 0 Å². The molecule has 1 amide bonds. The van der Waals surface area contributed by atoms with E-state index in [9.17, 15) is 4.79 Å². The zero-order chi connectivity index (χ0) is 12.8. The molecule has 2 N–H and O–H groups in total. The first-order valence-electron chi connectivity index (χ1n) is 6.57. The standard InChI is InChI=1S/C13H26N2OS/c1-10(9-17-3)15(2)13(16)12-7-5-4-6-11(12)8-14/h10-12H,4-9,14H2,1-3H3. The van der Waals surface area contributed by atoms with Crippen LogP contribution in [0.25, 0.3) is 0 Å². The van der Waals surface area contributed by atoms with Crippen molar-refractivity contribution in [3.63, 3.8) is 0 Å². The molecule has 0 bridgehead atoms. The fourth-order valence-electron chi connectivity index (χ4n) is 2.65. The second kappa shape index (κ2) is 7.27. The van der Waals surface area contributed by atoms with Crippen molar-refractivity contribution in [3.8, 4) is 0 Å². The Morgan fingerprint density at radius 3 is 2.71 bits per heavy atom. The average Bonchev–Trinajstić information content (AvgIpc) is 2.37. The van der Waals surface area contributed by atoms with E-state index >= 15 is 0 Å². The van der Waals surface area contributed by atoms with Crippen molar-refractivity contribution in [2.75, 3.05) is 25.6 Å². The molecule has 0 spiro atoms. The zero-order valence-corrected chi connectivity index (χ0v) is 12.1. The zero-order valence-electron chi connectivity index (χ0n) is 11.3. The molecule has 0 radical (unpaired) electrons. The van der Waals surface area contributed by atoms with E-state index in [4.69, 9.17) is 5.73 Å². The maximum atomic E-state index is 12.4. The van der Waals surface area contributed by atoms with E-state index in [1.165, 1.54) is 12.8 Å². The van der Waals surface area contributed by atoms with Gasteiger partial charge in [-0.05, 0) is 38.5 Å². The maximum Gasteiger partial charge on any atom is 0.226 e. The molecule has 100 valence electrons. The molecule has 3 unspecified atom stereocenters. The van der Waals surface area contributed by atoms with E-state index in [0.29, 0.717) is 24.4 Å². The summed E-state index contributed by atoms with van der Waals surface area (Å²) in [6.45, 7) is 2.77. The molecule has 3 atom stereocenters. The van der Waals surface area contributed by atoms with Crippen LogP contribution in [0.15, 0.2) is 0 Å². The van der Waals surface area contributed by atoms with E-state index in [-0.39, 0.29) is 5.92 Å². The maximum absolute atomic E-state index is 12.4. The lowest BCUT2D eigenvalue weighted by Gasteiger charge is -2.35. The lowest BCUT2D eigenvalue weighted by Crippen LogP contribution is -2.44. The summed E-state index contributed by atoms with van der Waals surface area (Å²) in [6.07, 6.45) is 6.64. The summed E-state index contributed by atoms with van der Waals surface area (Å²) >= 11 is 1.79. The van der Waals surface area contributed by atoms with Gasteiger partial charge in [0.25, 0.3) is 0 Å². The largest absolute Gasteiger partial charge is 0.342 e. The average molecular weight is 258 g/mol. The van der Waals surface area contributed by atoms with Crippen LogP contribution in [0.3, 0.4) is 0 Å². The Bertz CT molecular complexity index is 248. The van der Waals surface area contributed by atoms with Gasteiger partial charge in [-0.1, -0.05) is 12.8 Å². The minimum atomic E-state index is 0.169. The second-order valence-electron chi connectivity index (χ2n) is 5.14. The predicted molar refractivity (Wildman–Crippen MR) is 75.1 cm³/mol. The van der Waals surface area contributed by atoms with Crippen LogP contribution in [-0.4, -0.2) is 42.4 Å². The quantitative estimate of drug-likeness (QED) is 0.820. The molecule has 1 saturated carbocycles. The molecule has 1 fully saturated rings. The highest BCUT2D eigenvalue weighted by Crippen LogP contribution is 2.31. The van der Waals surface area contributed by atoms with Crippen molar-refractivity contribution >= 4 is 17.7 Å². The number of nitrogens with zero attached hydrogens (tertiary/aromatic N) is 1. The predicted octanol–water partition coefficient (Wildman–Crippen LogP) is 1.96. The normalized spacial score (nSPS) is 26.6. The molecule has 1 aliphatic carbocycles. The smallest absolute Gasteiger partial charge is 0.226 e. The fraction of sp³-hybridized carbons (Fsp3) is 0.923. The molecule has 1 aliphatic rings. The summed E-state index contributed by atoms with van der Waals surface area (Å²) in [4.78, 5) is 14.4. The van der Waals surface area contributed by atoms with Crippen LogP contribution in [0.1, 0.15) is 32.6 Å². The van der Waals surface area contributed by atoms with Gasteiger partial charge in [-0.3, -0.25) is 4.79 Å². The summed E-state index contributed by atoms with van der Waals surface area (Å²) in [5.74, 6) is 1.88. The van der Waals surface area contributed by atoms with Crippen LogP contribution in [0, 0.1) is 11.8 Å². The van der Waals surface area contributed by atoms with Crippen LogP contribution < -0.4 is 5.73 Å². The highest BCUT2D eigenvalue weighted by Gasteiger charge is 2.32. The van der Waals surface area contributed by atoms with E-state index < -0.39 is 0 Å². The number of thioether (sulfide) groups is 1. The van der Waals surface area contributed by atoms with Gasteiger partial charge in [0.1, 0.15) is 0 Å². The second-order valence-corrected chi connectivity index (χ2v) is 6.05. The molecular formula is C13H26N2OS. The molecule has 3 nitrogen and oxygen atoms in total. The topological polar surface area (TPSA) is 46.3 Å². The summed E-state index contributed by atoms with van der Waals surface area (Å²) in [6, 6.07) is 0.317. The van der Waals surface area contributed by atoms with Gasteiger partial charge in [-0.2, -0.15) is 11.8 Å². The van der Waals surface area contributed by atoms with Crippen molar-refractivity contribution < 1.29 is 4.79 Å². The van der Waals surface area contributed by atoms with Crippen molar-refractivity contribution in [1.82, 2.24) is 4.90 Å². The van der Waals surface area contributed by atoms with Crippen LogP contribution in [-0.2, 0) is 4.79 Å². The molecule has 0 heterocycles. The van der Waals surface area contributed by atoms with Gasteiger partial charge < -0.3 is 10.6 Å². The number of hydrogen-bond acceptors (Lipinski definition) is 3. The van der Waals surface area contributed by atoms with Crippen molar-refractivity contribution in [2.45, 2.75) is 38.6 Å². The number of nitrogens with two attached hydrogens (primary N) is 1. The Morgan fingerprint density at radius 1 is 1.47 bits per heavy atom. The minimum Gasteiger partial charge on any atom is -0.342 e. The molecule has 17 heavy (non-hydrogen) atoms. The molecule has 0 aromatic rings. The van der Waals surface area contributed by atoms with E-state index in [1.54, 1.807) is 11.8 Å². The minimum absolute atomic E-state index is 0.169. The number of rotatable bonds is 5. The highest BCUT2D eigenvalue weighted by molar-refractivity contribution is 7.98. The number of carbonyl (C=O) groups excluding carboxylic acids is 1. The Balaban J connectivity index is 2.60. The molecule has 0 aromatic carbocycles. The fourth-order valence-corrected chi connectivity index (χ4v) is 3.35. The van der Waals surface area contributed by atoms with Gasteiger partial charge in [-0.15, -0.1) is 0 Å². The van der Waals surface area contributed by atoms with Crippen molar-refractivity contribution in [1.29, 1.82) is 0 Å². The summed E-state index contributed by atoms with van der Waals surface area (Å²) < 4.78 is 0. The van der Waals surface area contributed by atoms with Gasteiger partial charge in [0.05, 0.1) is 0 Å². The van der Waals surface area contributed by atoms with Crippen molar-refractivity contribution in [3.05, 3.63) is 0 Å². The highest BCUT2D eigenvalue weighted by atomic mass is 32.2. The monoisotopic (exact) mass is 258 g/mol. The Labute approximate surface area is 109 Å². The SMILES string of the molecule is CSCC(C)N(C)C(=O)C1CCCCC1CN. The molecule has 0 aliphatic heterocycles. The molecular weight excluding hydrogens is 232 g/mol. The summed E-state index contributed by atoms with van der Waals surface area (Å²) in [7, 11) is 1.94. The van der Waals surface area contributed by atoms with Crippen LogP contribution in [0.4, 0.5) is 0 Å². The lowest BCUT2D eigenvalue weighted by atomic mass is 9.78. The third kappa shape index (κ3) is 3.88. The Hall–Kier alpha value is -0.220. The third-order valence-electron chi connectivity index (χ3n) is 3.95. The van der Waals surface area contributed by atoms with Crippen molar-refractivity contribution in [2.24, 2.45) is 17.6 Å². The number of amides is 1. The first-order chi connectivity index (χ1) is 8.11. The van der Waals surface area contributed by atoms with Gasteiger partial charge in [-0.25, -0.2) is 0 Å².